The monoisotopic (exact) mass is 351 g/mol. The maximum absolute atomic E-state index is 12.4. The molecule has 0 spiro atoms. The Labute approximate surface area is 146 Å². The molecule has 0 saturated carbocycles. The number of nitrogens with zero attached hydrogens (tertiary/aromatic N) is 1. The number of hydrogen-bond acceptors (Lipinski definition) is 6. The van der Waals surface area contributed by atoms with E-state index in [9.17, 15) is 9.59 Å². The van der Waals surface area contributed by atoms with E-state index in [1.165, 1.54) is 18.3 Å². The molecule has 0 aliphatic rings. The number of Topliss-reactive ketones (excluding diaryl/α,β-unsaturated/α-hetero) is 1. The van der Waals surface area contributed by atoms with Gasteiger partial charge >= 0.3 is 5.63 Å². The Kier molecular flexibility index (Phi) is 3.82. The summed E-state index contributed by atoms with van der Waals surface area (Å²) in [5.41, 5.74) is 1.26. The fourth-order valence-corrected chi connectivity index (χ4v) is 3.47. The lowest BCUT2D eigenvalue weighted by molar-refractivity contribution is -0.118. The minimum Gasteiger partial charge on any atom is -0.486 e. The summed E-state index contributed by atoms with van der Waals surface area (Å²) in [5, 5.41) is 1.40. The van der Waals surface area contributed by atoms with Crippen LogP contribution in [0.1, 0.15) is 6.92 Å². The van der Waals surface area contributed by atoms with E-state index < -0.39 is 5.63 Å². The van der Waals surface area contributed by atoms with E-state index in [2.05, 4.69) is 4.98 Å². The third-order valence-corrected chi connectivity index (χ3v) is 4.74. The highest BCUT2D eigenvalue weighted by molar-refractivity contribution is 7.21. The molecule has 5 nitrogen and oxygen atoms in total. The molecule has 4 rings (SSSR count). The highest BCUT2D eigenvalue weighted by Gasteiger charge is 2.13. The zero-order valence-electron chi connectivity index (χ0n) is 13.3. The van der Waals surface area contributed by atoms with Crippen molar-refractivity contribution in [3.8, 4) is 16.3 Å². The van der Waals surface area contributed by atoms with Crippen LogP contribution < -0.4 is 10.4 Å². The highest BCUT2D eigenvalue weighted by Crippen LogP contribution is 2.30. The quantitative estimate of drug-likeness (QED) is 0.519. The second kappa shape index (κ2) is 6.14. The first-order valence-corrected chi connectivity index (χ1v) is 8.48. The number of ketones is 1. The van der Waals surface area contributed by atoms with Gasteiger partial charge in [0.15, 0.2) is 5.78 Å². The molecule has 0 atom stereocenters. The minimum absolute atomic E-state index is 0.0144. The maximum Gasteiger partial charge on any atom is 0.346 e. The molecule has 0 radical (unpaired) electrons. The average Bonchev–Trinajstić information content (AvgIpc) is 3.03. The lowest BCUT2D eigenvalue weighted by atomic mass is 10.2. The maximum atomic E-state index is 12.4. The van der Waals surface area contributed by atoms with Crippen LogP contribution in [0.15, 0.2) is 57.7 Å². The van der Waals surface area contributed by atoms with E-state index in [0.29, 0.717) is 21.9 Å². The fourth-order valence-electron chi connectivity index (χ4n) is 2.50. The van der Waals surface area contributed by atoms with E-state index >= 15 is 0 Å². The summed E-state index contributed by atoms with van der Waals surface area (Å²) in [6, 6.07) is 14.7. The number of carbonyl (C=O) groups excluding carboxylic acids is 1. The number of rotatable bonds is 4. The largest absolute Gasteiger partial charge is 0.486 e. The van der Waals surface area contributed by atoms with Crippen LogP contribution in [-0.2, 0) is 4.79 Å². The molecule has 124 valence electrons. The summed E-state index contributed by atoms with van der Waals surface area (Å²) in [6.07, 6.45) is 0. The van der Waals surface area contributed by atoms with Crippen molar-refractivity contribution < 1.29 is 13.9 Å². The first kappa shape index (κ1) is 15.5. The van der Waals surface area contributed by atoms with Crippen molar-refractivity contribution in [1.82, 2.24) is 4.98 Å². The molecule has 0 aliphatic carbocycles. The van der Waals surface area contributed by atoms with Crippen LogP contribution in [-0.4, -0.2) is 17.4 Å². The number of ether oxygens (including phenoxy) is 1. The Balaban J connectivity index is 1.78. The standard InChI is InChI=1S/C19H13NO4S/c1-11(21)10-23-13-7-6-12-8-14(19(22)24-16(12)9-13)18-20-15-4-2-3-5-17(15)25-18/h2-9H,10H2,1H3. The Morgan fingerprint density at radius 2 is 2.04 bits per heavy atom. The predicted octanol–water partition coefficient (Wildman–Crippen LogP) is 4.04. The Bertz CT molecular complexity index is 1130. The van der Waals surface area contributed by atoms with Crippen LogP contribution in [0.4, 0.5) is 0 Å². The normalized spacial score (nSPS) is 11.1. The highest BCUT2D eigenvalue weighted by atomic mass is 32.1. The second-order valence-corrected chi connectivity index (χ2v) is 6.66. The fraction of sp³-hybridized carbons (Fsp3) is 0.105. The van der Waals surface area contributed by atoms with Crippen molar-refractivity contribution in [1.29, 1.82) is 0 Å². The van der Waals surface area contributed by atoms with Crippen molar-refractivity contribution in [3.05, 3.63) is 59.0 Å². The van der Waals surface area contributed by atoms with Crippen molar-refractivity contribution in [2.45, 2.75) is 6.92 Å². The van der Waals surface area contributed by atoms with Gasteiger partial charge in [-0.3, -0.25) is 4.79 Å². The number of hydrogen-bond donors (Lipinski definition) is 0. The summed E-state index contributed by atoms with van der Waals surface area (Å²) in [4.78, 5) is 27.9. The summed E-state index contributed by atoms with van der Waals surface area (Å²) in [5.74, 6) is 0.409. The van der Waals surface area contributed by atoms with Crippen LogP contribution in [0, 0.1) is 0 Å². The first-order chi connectivity index (χ1) is 12.1. The van der Waals surface area contributed by atoms with Crippen LogP contribution in [0.25, 0.3) is 31.8 Å². The molecule has 0 saturated heterocycles. The van der Waals surface area contributed by atoms with E-state index in [-0.39, 0.29) is 12.4 Å². The first-order valence-electron chi connectivity index (χ1n) is 7.66. The van der Waals surface area contributed by atoms with Crippen molar-refractivity contribution in [2.24, 2.45) is 0 Å². The molecular weight excluding hydrogens is 338 g/mol. The molecule has 0 amide bonds. The second-order valence-electron chi connectivity index (χ2n) is 5.62. The third-order valence-electron chi connectivity index (χ3n) is 3.67. The van der Waals surface area contributed by atoms with E-state index in [1.807, 2.05) is 24.3 Å². The van der Waals surface area contributed by atoms with Gasteiger partial charge in [-0.25, -0.2) is 9.78 Å². The van der Waals surface area contributed by atoms with Gasteiger partial charge in [0.2, 0.25) is 0 Å². The van der Waals surface area contributed by atoms with Crippen molar-refractivity contribution >= 4 is 38.3 Å². The van der Waals surface area contributed by atoms with Gasteiger partial charge in [-0.2, -0.15) is 0 Å². The molecule has 2 aromatic heterocycles. The van der Waals surface area contributed by atoms with Crippen molar-refractivity contribution in [2.75, 3.05) is 6.61 Å². The van der Waals surface area contributed by atoms with Crippen LogP contribution >= 0.6 is 11.3 Å². The van der Waals surface area contributed by atoms with E-state index in [1.54, 1.807) is 24.3 Å². The Hall–Kier alpha value is -2.99. The van der Waals surface area contributed by atoms with Gasteiger partial charge in [0.25, 0.3) is 0 Å². The summed E-state index contributed by atoms with van der Waals surface area (Å²) >= 11 is 1.45. The molecule has 0 aliphatic heterocycles. The zero-order chi connectivity index (χ0) is 17.4. The van der Waals surface area contributed by atoms with E-state index in [0.717, 1.165) is 15.6 Å². The van der Waals surface area contributed by atoms with Crippen LogP contribution in [0.2, 0.25) is 0 Å². The Morgan fingerprint density at radius 3 is 2.84 bits per heavy atom. The summed E-state index contributed by atoms with van der Waals surface area (Å²) < 4.78 is 11.8. The van der Waals surface area contributed by atoms with Gasteiger partial charge in [0.05, 0.1) is 15.8 Å². The molecule has 4 aromatic rings. The predicted molar refractivity (Wildman–Crippen MR) is 97.3 cm³/mol. The lowest BCUT2D eigenvalue weighted by Gasteiger charge is -2.05. The molecule has 0 N–H and O–H groups in total. The molecule has 2 heterocycles. The van der Waals surface area contributed by atoms with Gasteiger partial charge in [-0.05, 0) is 37.3 Å². The molecular formula is C19H13NO4S. The number of aromatic nitrogens is 1. The molecule has 0 unspecified atom stereocenters. The van der Waals surface area contributed by atoms with Gasteiger partial charge in [0.1, 0.15) is 22.9 Å². The molecule has 2 aromatic carbocycles. The van der Waals surface area contributed by atoms with E-state index in [4.69, 9.17) is 9.15 Å². The van der Waals surface area contributed by atoms with Gasteiger partial charge in [-0.15, -0.1) is 11.3 Å². The van der Waals surface area contributed by atoms with Crippen molar-refractivity contribution in [3.63, 3.8) is 0 Å². The van der Waals surface area contributed by atoms with Crippen LogP contribution in [0.3, 0.4) is 0 Å². The summed E-state index contributed by atoms with van der Waals surface area (Å²) in [7, 11) is 0. The number of thiazole rings is 1. The summed E-state index contributed by atoms with van der Waals surface area (Å²) in [6.45, 7) is 1.44. The number of carbonyl (C=O) groups is 1. The molecule has 0 bridgehead atoms. The zero-order valence-corrected chi connectivity index (χ0v) is 14.1. The SMILES string of the molecule is CC(=O)COc1ccc2cc(-c3nc4ccccc4s3)c(=O)oc2c1. The number of para-hydroxylation sites is 1. The minimum atomic E-state index is -0.449. The third kappa shape index (κ3) is 3.04. The number of benzene rings is 2. The Morgan fingerprint density at radius 1 is 1.20 bits per heavy atom. The van der Waals surface area contributed by atoms with Crippen LogP contribution in [0.5, 0.6) is 5.75 Å². The van der Waals surface area contributed by atoms with Gasteiger partial charge in [0, 0.05) is 11.5 Å². The molecule has 6 heteroatoms. The lowest BCUT2D eigenvalue weighted by Crippen LogP contribution is -2.06. The smallest absolute Gasteiger partial charge is 0.346 e. The number of fused-ring (bicyclic) bond motifs is 2. The van der Waals surface area contributed by atoms with Gasteiger partial charge in [-0.1, -0.05) is 12.1 Å². The topological polar surface area (TPSA) is 69.4 Å². The molecule has 0 fully saturated rings. The average molecular weight is 351 g/mol. The molecule has 25 heavy (non-hydrogen) atoms. The van der Waals surface area contributed by atoms with Gasteiger partial charge < -0.3 is 9.15 Å².